The maximum absolute atomic E-state index is 2.42. The number of fused-ring (bicyclic) bond motifs is 3. The molecule has 0 bridgehead atoms. The van der Waals surface area contributed by atoms with Gasteiger partial charge in [0.25, 0.3) is 0 Å². The van der Waals surface area contributed by atoms with E-state index < -0.39 is 0 Å². The van der Waals surface area contributed by atoms with Gasteiger partial charge in [-0.2, -0.15) is 0 Å². The Morgan fingerprint density at radius 3 is 2.73 bits per heavy atom. The number of benzene rings is 2. The summed E-state index contributed by atoms with van der Waals surface area (Å²) >= 11 is 3.79. The molecule has 0 N–H and O–H groups in total. The first kappa shape index (κ1) is 16.3. The van der Waals surface area contributed by atoms with Gasteiger partial charge >= 0.3 is 0 Å². The Kier molecular flexibility index (Phi) is 3.67. The van der Waals surface area contributed by atoms with Gasteiger partial charge in [-0.1, -0.05) is 31.7 Å². The number of aryl methyl sites for hydroxylation is 2. The Morgan fingerprint density at radius 1 is 1.08 bits per heavy atom. The molecule has 0 aliphatic carbocycles. The molecule has 1 aliphatic heterocycles. The number of hydrogen-bond donors (Lipinski definition) is 0. The van der Waals surface area contributed by atoms with Crippen LogP contribution in [0.2, 0.25) is 0 Å². The van der Waals surface area contributed by atoms with E-state index >= 15 is 0 Å². The fraction of sp³-hybridized carbons (Fsp3) is 0.261. The molecule has 26 heavy (non-hydrogen) atoms. The van der Waals surface area contributed by atoms with Crippen LogP contribution in [0.15, 0.2) is 51.7 Å². The molecule has 0 radical (unpaired) electrons. The van der Waals surface area contributed by atoms with E-state index in [0.717, 1.165) is 6.42 Å². The molecule has 2 aromatic heterocycles. The van der Waals surface area contributed by atoms with Crippen LogP contribution in [0.5, 0.6) is 0 Å². The molecule has 0 spiro atoms. The zero-order valence-corrected chi connectivity index (χ0v) is 17.2. The van der Waals surface area contributed by atoms with Crippen LogP contribution in [-0.2, 0) is 13.5 Å². The first-order valence-electron chi connectivity index (χ1n) is 9.17. The molecule has 5 rings (SSSR count). The van der Waals surface area contributed by atoms with Crippen LogP contribution in [0.3, 0.4) is 0 Å². The normalized spacial score (nSPS) is 13.0. The smallest absolute Gasteiger partial charge is 0.200 e. The molecule has 130 valence electrons. The largest absolute Gasteiger partial charge is 0.222 e. The summed E-state index contributed by atoms with van der Waals surface area (Å²) in [6.07, 6.45) is 3.35. The lowest BCUT2D eigenvalue weighted by Gasteiger charge is -2.21. The zero-order valence-electron chi connectivity index (χ0n) is 15.6. The summed E-state index contributed by atoms with van der Waals surface area (Å²) in [4.78, 5) is 2.81. The van der Waals surface area contributed by atoms with Crippen LogP contribution in [0.25, 0.3) is 32.1 Å². The molecular weight excluding hydrogens is 354 g/mol. The molecule has 0 unspecified atom stereocenters. The fourth-order valence-electron chi connectivity index (χ4n) is 4.24. The monoisotopic (exact) mass is 376 g/mol. The van der Waals surface area contributed by atoms with Crippen molar-refractivity contribution in [2.24, 2.45) is 13.0 Å². The van der Waals surface area contributed by atoms with E-state index in [0.29, 0.717) is 5.92 Å². The van der Waals surface area contributed by atoms with E-state index in [1.165, 1.54) is 53.0 Å². The minimum absolute atomic E-state index is 0.674. The summed E-state index contributed by atoms with van der Waals surface area (Å²) in [7, 11) is 2.18. The van der Waals surface area contributed by atoms with Gasteiger partial charge in [-0.3, -0.25) is 0 Å². The quantitative estimate of drug-likeness (QED) is 0.317. The second-order valence-electron chi connectivity index (χ2n) is 7.74. The summed E-state index contributed by atoms with van der Waals surface area (Å²) in [6.45, 7) is 6.88. The Balaban J connectivity index is 1.88. The fourth-order valence-corrected chi connectivity index (χ4v) is 6.49. The van der Waals surface area contributed by atoms with Crippen LogP contribution in [0.1, 0.15) is 25.0 Å². The van der Waals surface area contributed by atoms with Crippen molar-refractivity contribution >= 4 is 44.0 Å². The summed E-state index contributed by atoms with van der Waals surface area (Å²) < 4.78 is 3.70. The van der Waals surface area contributed by atoms with Gasteiger partial charge in [-0.25, -0.2) is 4.57 Å². The lowest BCUT2D eigenvalue weighted by Crippen LogP contribution is -2.31. The molecule has 3 heteroatoms. The third-order valence-electron chi connectivity index (χ3n) is 5.34. The molecule has 1 aliphatic rings. The first-order valence-corrected chi connectivity index (χ1v) is 10.9. The van der Waals surface area contributed by atoms with Gasteiger partial charge in [0.2, 0.25) is 5.69 Å². The average molecular weight is 377 g/mol. The Bertz CT molecular complexity index is 1180. The third-order valence-corrected chi connectivity index (χ3v) is 7.29. The number of aromatic nitrogens is 1. The minimum Gasteiger partial charge on any atom is -0.200 e. The van der Waals surface area contributed by atoms with Gasteiger partial charge in [0.15, 0.2) is 6.20 Å². The molecular formula is C23H22NS2+. The number of thiophene rings is 1. The van der Waals surface area contributed by atoms with Crippen molar-refractivity contribution in [1.29, 1.82) is 0 Å². The maximum atomic E-state index is 2.42. The van der Waals surface area contributed by atoms with Gasteiger partial charge in [-0.05, 0) is 64.7 Å². The van der Waals surface area contributed by atoms with Gasteiger partial charge in [0.1, 0.15) is 7.05 Å². The lowest BCUT2D eigenvalue weighted by molar-refractivity contribution is -0.659. The summed E-state index contributed by atoms with van der Waals surface area (Å²) in [6, 6.07) is 11.8. The molecule has 0 saturated carbocycles. The van der Waals surface area contributed by atoms with E-state index in [4.69, 9.17) is 0 Å². The molecule has 0 saturated heterocycles. The van der Waals surface area contributed by atoms with Crippen LogP contribution in [-0.4, -0.2) is 0 Å². The Labute approximate surface area is 162 Å². The number of nitrogens with zero attached hydrogens (tertiary/aromatic N) is 1. The van der Waals surface area contributed by atoms with Crippen LogP contribution < -0.4 is 4.57 Å². The molecule has 0 atom stereocenters. The van der Waals surface area contributed by atoms with E-state index in [-0.39, 0.29) is 0 Å². The zero-order chi connectivity index (χ0) is 18.0. The predicted molar refractivity (Wildman–Crippen MR) is 113 cm³/mol. The van der Waals surface area contributed by atoms with Crippen molar-refractivity contribution in [3.8, 4) is 11.3 Å². The topological polar surface area (TPSA) is 3.88 Å². The van der Waals surface area contributed by atoms with Crippen molar-refractivity contribution in [2.75, 3.05) is 0 Å². The summed E-state index contributed by atoms with van der Waals surface area (Å²) in [5, 5.41) is 6.39. The Hall–Kier alpha value is -1.84. The van der Waals surface area contributed by atoms with E-state index in [1.54, 1.807) is 0 Å². The highest BCUT2D eigenvalue weighted by Gasteiger charge is 2.29. The molecule has 2 aromatic carbocycles. The standard InChI is InChI=1S/C23H22NS2/c1-13(2)9-15-10-16-5-7-24(4)23-21-14(3)17-6-8-25-18(17)12-20(21)26-19(11-15)22(16)23/h5-8,10-13H,9H2,1-4H3/q+1. The Morgan fingerprint density at radius 2 is 1.92 bits per heavy atom. The summed E-state index contributed by atoms with van der Waals surface area (Å²) in [5.74, 6) is 0.674. The van der Waals surface area contributed by atoms with Crippen LogP contribution in [0, 0.1) is 12.8 Å². The number of pyridine rings is 1. The molecule has 4 aromatic rings. The predicted octanol–water partition coefficient (Wildman–Crippen LogP) is 6.52. The second-order valence-corrected chi connectivity index (χ2v) is 9.77. The van der Waals surface area contributed by atoms with Crippen molar-refractivity contribution in [1.82, 2.24) is 0 Å². The van der Waals surface area contributed by atoms with E-state index in [2.05, 4.69) is 74.3 Å². The highest BCUT2D eigenvalue weighted by molar-refractivity contribution is 7.99. The highest BCUT2D eigenvalue weighted by atomic mass is 32.2. The van der Waals surface area contributed by atoms with E-state index in [1.807, 2.05) is 23.1 Å². The van der Waals surface area contributed by atoms with Crippen molar-refractivity contribution in [2.45, 2.75) is 37.0 Å². The van der Waals surface area contributed by atoms with Gasteiger partial charge < -0.3 is 0 Å². The molecule has 3 heterocycles. The summed E-state index contributed by atoms with van der Waals surface area (Å²) in [5.41, 5.74) is 5.64. The van der Waals surface area contributed by atoms with E-state index in [9.17, 15) is 0 Å². The van der Waals surface area contributed by atoms with Gasteiger partial charge in [0.05, 0.1) is 10.9 Å². The van der Waals surface area contributed by atoms with Crippen molar-refractivity contribution in [3.63, 3.8) is 0 Å². The molecule has 0 fully saturated rings. The average Bonchev–Trinajstić information content (AvgIpc) is 3.05. The molecule has 1 nitrogen and oxygen atoms in total. The lowest BCUT2D eigenvalue weighted by atomic mass is 9.94. The third kappa shape index (κ3) is 2.34. The van der Waals surface area contributed by atoms with Crippen molar-refractivity contribution in [3.05, 3.63) is 53.0 Å². The minimum atomic E-state index is 0.674. The van der Waals surface area contributed by atoms with Crippen LogP contribution in [0.4, 0.5) is 0 Å². The first-order chi connectivity index (χ1) is 12.5. The van der Waals surface area contributed by atoms with Gasteiger partial charge in [0, 0.05) is 20.6 Å². The second kappa shape index (κ2) is 5.83. The number of hydrogen-bond acceptors (Lipinski definition) is 2. The molecule has 0 amide bonds. The van der Waals surface area contributed by atoms with Crippen LogP contribution >= 0.6 is 23.1 Å². The highest BCUT2D eigenvalue weighted by Crippen LogP contribution is 2.50. The van der Waals surface area contributed by atoms with Crippen molar-refractivity contribution < 1.29 is 4.57 Å². The van der Waals surface area contributed by atoms with Gasteiger partial charge in [-0.15, -0.1) is 11.3 Å². The maximum Gasteiger partial charge on any atom is 0.222 e. The SMILES string of the molecule is Cc1c2c(cc3sccc13)Sc1cc(CC(C)C)cc3cc[n+](C)c-2c13. The number of rotatable bonds is 2.